The fourth-order valence-electron chi connectivity index (χ4n) is 1.09. The van der Waals surface area contributed by atoms with Crippen molar-refractivity contribution in [2.75, 3.05) is 20.1 Å². The van der Waals surface area contributed by atoms with E-state index in [0.29, 0.717) is 19.0 Å². The lowest BCUT2D eigenvalue weighted by Crippen LogP contribution is -2.30. The predicted octanol–water partition coefficient (Wildman–Crippen LogP) is 0.220. The van der Waals surface area contributed by atoms with Crippen LogP contribution < -0.4 is 5.32 Å². The molecule has 1 N–H and O–H groups in total. The summed E-state index contributed by atoms with van der Waals surface area (Å²) in [4.78, 5) is 12.9. The number of amides is 1. The molecule has 1 rings (SSSR count). The molecule has 1 aliphatic rings. The van der Waals surface area contributed by atoms with Crippen LogP contribution in [-0.4, -0.2) is 37.0 Å². The Labute approximate surface area is 79.5 Å². The van der Waals surface area contributed by atoms with E-state index in [1.54, 1.807) is 11.9 Å². The summed E-state index contributed by atoms with van der Waals surface area (Å²) >= 11 is 0. The maximum absolute atomic E-state index is 11.3. The van der Waals surface area contributed by atoms with Crippen LogP contribution >= 0.6 is 0 Å². The van der Waals surface area contributed by atoms with Crippen LogP contribution in [0.15, 0.2) is 0 Å². The van der Waals surface area contributed by atoms with Gasteiger partial charge in [0.15, 0.2) is 0 Å². The van der Waals surface area contributed by atoms with Gasteiger partial charge in [0.2, 0.25) is 5.91 Å². The molecule has 1 saturated carbocycles. The van der Waals surface area contributed by atoms with E-state index in [-0.39, 0.29) is 5.91 Å². The van der Waals surface area contributed by atoms with E-state index in [0.717, 1.165) is 6.54 Å². The smallest absolute Gasteiger partial charge is 0.224 e. The van der Waals surface area contributed by atoms with Gasteiger partial charge in [-0.25, -0.2) is 0 Å². The van der Waals surface area contributed by atoms with Gasteiger partial charge < -0.3 is 10.2 Å². The van der Waals surface area contributed by atoms with E-state index in [1.807, 2.05) is 0 Å². The van der Waals surface area contributed by atoms with Crippen molar-refractivity contribution >= 4 is 5.91 Å². The zero-order valence-corrected chi connectivity index (χ0v) is 8.05. The third kappa shape index (κ3) is 3.95. The van der Waals surface area contributed by atoms with Crippen molar-refractivity contribution in [2.24, 2.45) is 0 Å². The Hall–Kier alpha value is -1.01. The van der Waals surface area contributed by atoms with Gasteiger partial charge in [-0.15, -0.1) is 6.42 Å². The number of rotatable bonds is 5. The van der Waals surface area contributed by atoms with E-state index >= 15 is 0 Å². The first kappa shape index (κ1) is 10.1. The first-order valence-corrected chi connectivity index (χ1v) is 4.65. The van der Waals surface area contributed by atoms with E-state index < -0.39 is 0 Å². The lowest BCUT2D eigenvalue weighted by molar-refractivity contribution is -0.129. The fourth-order valence-corrected chi connectivity index (χ4v) is 1.09. The maximum Gasteiger partial charge on any atom is 0.224 e. The van der Waals surface area contributed by atoms with Crippen molar-refractivity contribution in [3.05, 3.63) is 0 Å². The van der Waals surface area contributed by atoms with Gasteiger partial charge in [-0.2, -0.15) is 0 Å². The molecule has 72 valence electrons. The highest BCUT2D eigenvalue weighted by Gasteiger charge is 2.20. The molecule has 0 radical (unpaired) electrons. The summed E-state index contributed by atoms with van der Waals surface area (Å²) in [7, 11) is 1.74. The minimum atomic E-state index is 0.117. The van der Waals surface area contributed by atoms with Gasteiger partial charge in [0.25, 0.3) is 0 Å². The van der Waals surface area contributed by atoms with Crippen LogP contribution in [0.1, 0.15) is 19.3 Å². The van der Waals surface area contributed by atoms with Gasteiger partial charge in [0, 0.05) is 26.1 Å². The van der Waals surface area contributed by atoms with Crippen LogP contribution in [0.3, 0.4) is 0 Å². The Morgan fingerprint density at radius 2 is 2.38 bits per heavy atom. The molecule has 3 nitrogen and oxygen atoms in total. The zero-order valence-electron chi connectivity index (χ0n) is 8.05. The molecule has 1 amide bonds. The molecule has 0 heterocycles. The van der Waals surface area contributed by atoms with E-state index in [4.69, 9.17) is 6.42 Å². The second kappa shape index (κ2) is 4.88. The highest BCUT2D eigenvalue weighted by Crippen LogP contribution is 2.18. The zero-order chi connectivity index (χ0) is 9.68. The fraction of sp³-hybridized carbons (Fsp3) is 0.700. The quantitative estimate of drug-likeness (QED) is 0.614. The van der Waals surface area contributed by atoms with Crippen molar-refractivity contribution in [3.8, 4) is 12.3 Å². The van der Waals surface area contributed by atoms with Crippen LogP contribution in [0.4, 0.5) is 0 Å². The number of nitrogens with one attached hydrogen (secondary N) is 1. The Morgan fingerprint density at radius 3 is 2.92 bits per heavy atom. The third-order valence-electron chi connectivity index (χ3n) is 2.10. The van der Waals surface area contributed by atoms with Crippen molar-refractivity contribution in [3.63, 3.8) is 0 Å². The van der Waals surface area contributed by atoms with Crippen LogP contribution in [-0.2, 0) is 4.79 Å². The van der Waals surface area contributed by atoms with Crippen molar-refractivity contribution in [1.82, 2.24) is 10.2 Å². The first-order valence-electron chi connectivity index (χ1n) is 4.65. The minimum absolute atomic E-state index is 0.117. The summed E-state index contributed by atoms with van der Waals surface area (Å²) in [6.07, 6.45) is 8.16. The number of hydrogen-bond donors (Lipinski definition) is 1. The molecule has 0 atom stereocenters. The molecule has 0 aromatic carbocycles. The second-order valence-electron chi connectivity index (χ2n) is 3.43. The highest BCUT2D eigenvalue weighted by atomic mass is 16.2. The Morgan fingerprint density at radius 1 is 1.69 bits per heavy atom. The lowest BCUT2D eigenvalue weighted by Gasteiger charge is -2.13. The van der Waals surface area contributed by atoms with Crippen LogP contribution in [0.2, 0.25) is 0 Å². The molecule has 0 aromatic rings. The maximum atomic E-state index is 11.3. The molecule has 1 aliphatic carbocycles. The molecule has 0 unspecified atom stereocenters. The molecule has 0 aromatic heterocycles. The lowest BCUT2D eigenvalue weighted by atomic mass is 10.3. The summed E-state index contributed by atoms with van der Waals surface area (Å²) in [6.45, 7) is 1.18. The van der Waals surface area contributed by atoms with Crippen LogP contribution in [0.25, 0.3) is 0 Å². The molecular weight excluding hydrogens is 164 g/mol. The van der Waals surface area contributed by atoms with Gasteiger partial charge in [-0.05, 0) is 12.8 Å². The number of hydrogen-bond acceptors (Lipinski definition) is 2. The number of nitrogens with zero attached hydrogens (tertiary/aromatic N) is 1. The third-order valence-corrected chi connectivity index (χ3v) is 2.10. The van der Waals surface area contributed by atoms with Gasteiger partial charge in [0.05, 0.1) is 6.54 Å². The molecule has 0 saturated heterocycles. The summed E-state index contributed by atoms with van der Waals surface area (Å²) in [6, 6.07) is 0.672. The van der Waals surface area contributed by atoms with Crippen molar-refractivity contribution in [2.45, 2.75) is 25.3 Å². The van der Waals surface area contributed by atoms with Crippen LogP contribution in [0, 0.1) is 12.3 Å². The highest BCUT2D eigenvalue weighted by molar-refractivity contribution is 5.76. The molecule has 3 heteroatoms. The van der Waals surface area contributed by atoms with E-state index in [1.165, 1.54) is 12.8 Å². The molecule has 0 spiro atoms. The minimum Gasteiger partial charge on any atom is -0.335 e. The van der Waals surface area contributed by atoms with Crippen molar-refractivity contribution in [1.29, 1.82) is 0 Å². The summed E-state index contributed by atoms with van der Waals surface area (Å²) < 4.78 is 0. The van der Waals surface area contributed by atoms with Gasteiger partial charge in [-0.3, -0.25) is 4.79 Å². The molecular formula is C10H16N2O. The molecule has 13 heavy (non-hydrogen) atoms. The Bertz CT molecular complexity index is 215. The topological polar surface area (TPSA) is 32.3 Å². The largest absolute Gasteiger partial charge is 0.335 e. The normalized spacial score (nSPS) is 15.1. The molecule has 1 fully saturated rings. The standard InChI is InChI=1S/C10H16N2O/c1-3-8-12(2)10(13)6-7-11-9-4-5-9/h1,9,11H,4-8H2,2H3. The molecule has 0 bridgehead atoms. The summed E-state index contributed by atoms with van der Waals surface area (Å²) in [5.74, 6) is 2.56. The average Bonchev–Trinajstić information content (AvgIpc) is 2.88. The average molecular weight is 180 g/mol. The number of carbonyl (C=O) groups excluding carboxylic acids is 1. The SMILES string of the molecule is C#CCN(C)C(=O)CCNC1CC1. The van der Waals surface area contributed by atoms with Crippen molar-refractivity contribution < 1.29 is 4.79 Å². The Balaban J connectivity index is 2.05. The number of terminal acetylenes is 1. The summed E-state index contributed by atoms with van der Waals surface area (Å²) in [5, 5.41) is 3.29. The van der Waals surface area contributed by atoms with Gasteiger partial charge in [-0.1, -0.05) is 5.92 Å². The first-order chi connectivity index (χ1) is 6.24. The molecule has 0 aliphatic heterocycles. The van der Waals surface area contributed by atoms with E-state index in [2.05, 4.69) is 11.2 Å². The Kier molecular flexibility index (Phi) is 3.78. The summed E-state index contributed by atoms with van der Waals surface area (Å²) in [5.41, 5.74) is 0. The van der Waals surface area contributed by atoms with Gasteiger partial charge in [0.1, 0.15) is 0 Å². The van der Waals surface area contributed by atoms with Gasteiger partial charge >= 0.3 is 0 Å². The van der Waals surface area contributed by atoms with Crippen LogP contribution in [0.5, 0.6) is 0 Å². The monoisotopic (exact) mass is 180 g/mol. The second-order valence-corrected chi connectivity index (χ2v) is 3.43. The number of carbonyl (C=O) groups is 1. The predicted molar refractivity (Wildman–Crippen MR) is 52.1 cm³/mol. The van der Waals surface area contributed by atoms with E-state index in [9.17, 15) is 4.79 Å².